The molecule has 0 saturated heterocycles. The van der Waals surface area contributed by atoms with Crippen LogP contribution < -0.4 is 10.6 Å². The largest absolute Gasteiger partial charge is 0.382 e. The number of aromatic nitrogens is 1. The molecule has 0 fully saturated rings. The third kappa shape index (κ3) is 4.31. The normalized spacial score (nSPS) is 10.5. The Balaban J connectivity index is 2.08. The molecule has 2 rings (SSSR count). The Morgan fingerprint density at radius 1 is 1.14 bits per heavy atom. The van der Waals surface area contributed by atoms with Crippen LogP contribution in [0.25, 0.3) is 0 Å². The zero-order chi connectivity index (χ0) is 15.2. The van der Waals surface area contributed by atoms with E-state index in [1.807, 2.05) is 44.2 Å². The molecule has 0 radical (unpaired) electrons. The summed E-state index contributed by atoms with van der Waals surface area (Å²) in [6.07, 6.45) is 4.27. The van der Waals surface area contributed by atoms with Gasteiger partial charge in [0.25, 0.3) is 5.91 Å². The Morgan fingerprint density at radius 2 is 1.86 bits per heavy atom. The third-order valence-corrected chi connectivity index (χ3v) is 3.08. The van der Waals surface area contributed by atoms with Gasteiger partial charge in [0.05, 0.1) is 11.3 Å². The van der Waals surface area contributed by atoms with Gasteiger partial charge < -0.3 is 10.6 Å². The van der Waals surface area contributed by atoms with Crippen molar-refractivity contribution in [3.8, 4) is 0 Å². The van der Waals surface area contributed by atoms with Crippen molar-refractivity contribution in [1.29, 1.82) is 0 Å². The first-order chi connectivity index (χ1) is 10.1. The van der Waals surface area contributed by atoms with Gasteiger partial charge in [0.15, 0.2) is 0 Å². The predicted molar refractivity (Wildman–Crippen MR) is 86.8 cm³/mol. The second-order valence-electron chi connectivity index (χ2n) is 5.27. The van der Waals surface area contributed by atoms with E-state index in [1.54, 1.807) is 12.4 Å². The maximum absolute atomic E-state index is 12.2. The Labute approximate surface area is 125 Å². The highest BCUT2D eigenvalue weighted by Crippen LogP contribution is 2.14. The van der Waals surface area contributed by atoms with Gasteiger partial charge >= 0.3 is 0 Å². The standard InChI is InChI=1S/C17H21N3O/c1-4-13-5-7-15(8-6-13)20-17(21)14-9-16(11-18-10-14)19-12(2)3/h5-12,19H,4H2,1-3H3,(H,20,21). The van der Waals surface area contributed by atoms with E-state index in [1.165, 1.54) is 5.56 Å². The molecule has 4 nitrogen and oxygen atoms in total. The molecule has 21 heavy (non-hydrogen) atoms. The number of anilines is 2. The number of carbonyl (C=O) groups excluding carboxylic acids is 1. The zero-order valence-electron chi connectivity index (χ0n) is 12.7. The highest BCUT2D eigenvalue weighted by molar-refractivity contribution is 6.04. The van der Waals surface area contributed by atoms with Crippen LogP contribution in [0.3, 0.4) is 0 Å². The minimum absolute atomic E-state index is 0.154. The molecule has 0 aliphatic rings. The van der Waals surface area contributed by atoms with Crippen molar-refractivity contribution in [3.05, 3.63) is 53.9 Å². The van der Waals surface area contributed by atoms with Crippen LogP contribution in [0.1, 0.15) is 36.7 Å². The molecule has 0 aliphatic heterocycles. The molecular formula is C17H21N3O. The lowest BCUT2D eigenvalue weighted by atomic mass is 10.1. The summed E-state index contributed by atoms with van der Waals surface area (Å²) >= 11 is 0. The van der Waals surface area contributed by atoms with Crippen molar-refractivity contribution < 1.29 is 4.79 Å². The lowest BCUT2D eigenvalue weighted by Gasteiger charge is -2.11. The minimum Gasteiger partial charge on any atom is -0.382 e. The lowest BCUT2D eigenvalue weighted by Crippen LogP contribution is -2.14. The van der Waals surface area contributed by atoms with Crippen LogP contribution in [0.5, 0.6) is 0 Å². The Hall–Kier alpha value is -2.36. The molecule has 1 heterocycles. The molecule has 0 bridgehead atoms. The second kappa shape index (κ2) is 6.88. The summed E-state index contributed by atoms with van der Waals surface area (Å²) in [5.41, 5.74) is 3.43. The molecule has 2 aromatic rings. The Morgan fingerprint density at radius 3 is 2.48 bits per heavy atom. The van der Waals surface area contributed by atoms with Gasteiger partial charge in [-0.2, -0.15) is 0 Å². The van der Waals surface area contributed by atoms with Crippen molar-refractivity contribution in [1.82, 2.24) is 4.98 Å². The molecule has 1 aromatic carbocycles. The fraction of sp³-hybridized carbons (Fsp3) is 0.294. The van der Waals surface area contributed by atoms with Crippen molar-refractivity contribution >= 4 is 17.3 Å². The van der Waals surface area contributed by atoms with Crippen LogP contribution in [-0.4, -0.2) is 16.9 Å². The van der Waals surface area contributed by atoms with Crippen LogP contribution in [0.2, 0.25) is 0 Å². The maximum Gasteiger partial charge on any atom is 0.257 e. The number of pyridine rings is 1. The summed E-state index contributed by atoms with van der Waals surface area (Å²) in [5.74, 6) is -0.154. The van der Waals surface area contributed by atoms with Gasteiger partial charge in [-0.1, -0.05) is 19.1 Å². The molecule has 4 heteroatoms. The highest BCUT2D eigenvalue weighted by atomic mass is 16.1. The molecule has 0 atom stereocenters. The number of hydrogen-bond donors (Lipinski definition) is 2. The van der Waals surface area contributed by atoms with Crippen LogP contribution in [0.15, 0.2) is 42.7 Å². The average Bonchev–Trinajstić information content (AvgIpc) is 2.47. The first-order valence-corrected chi connectivity index (χ1v) is 7.20. The fourth-order valence-electron chi connectivity index (χ4n) is 2.00. The second-order valence-corrected chi connectivity index (χ2v) is 5.27. The molecule has 110 valence electrons. The number of nitrogens with one attached hydrogen (secondary N) is 2. The van der Waals surface area contributed by atoms with E-state index in [9.17, 15) is 4.79 Å². The number of rotatable bonds is 5. The monoisotopic (exact) mass is 283 g/mol. The van der Waals surface area contributed by atoms with Crippen molar-refractivity contribution in [3.63, 3.8) is 0 Å². The molecule has 0 saturated carbocycles. The van der Waals surface area contributed by atoms with E-state index < -0.39 is 0 Å². The van der Waals surface area contributed by atoms with Gasteiger partial charge in [0.2, 0.25) is 0 Å². The zero-order valence-corrected chi connectivity index (χ0v) is 12.7. The van der Waals surface area contributed by atoms with E-state index in [0.29, 0.717) is 11.6 Å². The van der Waals surface area contributed by atoms with Crippen LogP contribution in [0, 0.1) is 0 Å². The van der Waals surface area contributed by atoms with Gasteiger partial charge in [-0.25, -0.2) is 0 Å². The summed E-state index contributed by atoms with van der Waals surface area (Å²) in [5, 5.41) is 6.12. The SMILES string of the molecule is CCc1ccc(NC(=O)c2cncc(NC(C)C)c2)cc1. The number of aryl methyl sites for hydroxylation is 1. The van der Waals surface area contributed by atoms with E-state index in [2.05, 4.69) is 22.5 Å². The summed E-state index contributed by atoms with van der Waals surface area (Å²) in [4.78, 5) is 16.3. The lowest BCUT2D eigenvalue weighted by molar-refractivity contribution is 0.102. The highest BCUT2D eigenvalue weighted by Gasteiger charge is 2.08. The molecule has 0 aliphatic carbocycles. The van der Waals surface area contributed by atoms with Gasteiger partial charge in [0, 0.05) is 24.1 Å². The van der Waals surface area contributed by atoms with Crippen LogP contribution in [0.4, 0.5) is 11.4 Å². The van der Waals surface area contributed by atoms with Gasteiger partial charge in [-0.15, -0.1) is 0 Å². The minimum atomic E-state index is -0.154. The average molecular weight is 283 g/mol. The van der Waals surface area contributed by atoms with E-state index in [-0.39, 0.29) is 5.91 Å². The summed E-state index contributed by atoms with van der Waals surface area (Å²) in [6.45, 7) is 6.19. The number of hydrogen-bond acceptors (Lipinski definition) is 3. The summed E-state index contributed by atoms with van der Waals surface area (Å²) < 4.78 is 0. The first-order valence-electron chi connectivity index (χ1n) is 7.20. The van der Waals surface area contributed by atoms with Crippen molar-refractivity contribution in [2.24, 2.45) is 0 Å². The maximum atomic E-state index is 12.2. The Bertz CT molecular complexity index is 606. The smallest absolute Gasteiger partial charge is 0.257 e. The van der Waals surface area contributed by atoms with Crippen LogP contribution >= 0.6 is 0 Å². The number of nitrogens with zero attached hydrogens (tertiary/aromatic N) is 1. The molecule has 1 amide bonds. The summed E-state index contributed by atoms with van der Waals surface area (Å²) in [7, 11) is 0. The van der Waals surface area contributed by atoms with Crippen LogP contribution in [-0.2, 0) is 6.42 Å². The molecule has 2 N–H and O–H groups in total. The van der Waals surface area contributed by atoms with E-state index >= 15 is 0 Å². The topological polar surface area (TPSA) is 54.0 Å². The third-order valence-electron chi connectivity index (χ3n) is 3.08. The van der Waals surface area contributed by atoms with E-state index in [0.717, 1.165) is 17.8 Å². The summed E-state index contributed by atoms with van der Waals surface area (Å²) in [6, 6.07) is 9.98. The quantitative estimate of drug-likeness (QED) is 0.879. The van der Waals surface area contributed by atoms with Gasteiger partial charge in [-0.3, -0.25) is 9.78 Å². The number of carbonyl (C=O) groups is 1. The molecule has 1 aromatic heterocycles. The van der Waals surface area contributed by atoms with Gasteiger partial charge in [0.1, 0.15) is 0 Å². The van der Waals surface area contributed by atoms with Crippen molar-refractivity contribution in [2.45, 2.75) is 33.2 Å². The molecular weight excluding hydrogens is 262 g/mol. The van der Waals surface area contributed by atoms with Crippen molar-refractivity contribution in [2.75, 3.05) is 10.6 Å². The Kier molecular flexibility index (Phi) is 4.93. The predicted octanol–water partition coefficient (Wildman–Crippen LogP) is 3.72. The van der Waals surface area contributed by atoms with E-state index in [4.69, 9.17) is 0 Å². The van der Waals surface area contributed by atoms with Gasteiger partial charge in [-0.05, 0) is 44.0 Å². The first kappa shape index (κ1) is 15.0. The molecule has 0 unspecified atom stereocenters. The number of benzene rings is 1. The fourth-order valence-corrected chi connectivity index (χ4v) is 2.00. The molecule has 0 spiro atoms. The number of amides is 1.